The third-order valence-corrected chi connectivity index (χ3v) is 5.25. The Bertz CT molecular complexity index is 1510. The van der Waals surface area contributed by atoms with Crippen LogP contribution in [0.2, 0.25) is 10.0 Å². The topological polar surface area (TPSA) is 120 Å². The number of aromatic amines is 1. The smallest absolute Gasteiger partial charge is 0.345 e. The van der Waals surface area contributed by atoms with Gasteiger partial charge in [-0.25, -0.2) is 15.2 Å². The van der Waals surface area contributed by atoms with Crippen molar-refractivity contribution in [3.63, 3.8) is 0 Å². The highest BCUT2D eigenvalue weighted by molar-refractivity contribution is 6.36. The van der Waals surface area contributed by atoms with Gasteiger partial charge in [-0.05, 0) is 48.0 Å². The molecule has 8 nitrogen and oxygen atoms in total. The maximum Gasteiger partial charge on any atom is 0.345 e. The molecule has 35 heavy (non-hydrogen) atoms. The molecule has 0 aliphatic heterocycles. The zero-order valence-corrected chi connectivity index (χ0v) is 19.3. The monoisotopic (exact) mass is 503 g/mol. The lowest BCUT2D eigenvalue weighted by atomic mass is 10.1. The number of rotatable bonds is 6. The quantitative estimate of drug-likeness (QED) is 0.160. The van der Waals surface area contributed by atoms with Gasteiger partial charge in [0.2, 0.25) is 5.95 Å². The van der Waals surface area contributed by atoms with Crippen molar-refractivity contribution in [2.75, 3.05) is 5.43 Å². The second kappa shape index (κ2) is 10.7. The van der Waals surface area contributed by atoms with E-state index in [0.717, 1.165) is 0 Å². The molecule has 4 rings (SSSR count). The molecule has 0 unspecified atom stereocenters. The first-order chi connectivity index (χ1) is 16.9. The third kappa shape index (κ3) is 5.73. The number of H-pyrrole nitrogens is 1. The highest BCUT2D eigenvalue weighted by atomic mass is 35.5. The molecule has 172 valence electrons. The number of ether oxygens (including phenoxy) is 1. The Balaban J connectivity index is 1.45. The number of carbonyl (C=O) groups is 1. The molecular formula is C25H15Cl2N5O3. The van der Waals surface area contributed by atoms with E-state index in [1.54, 1.807) is 54.6 Å². The molecule has 0 amide bonds. The molecule has 0 fully saturated rings. The molecule has 0 radical (unpaired) electrons. The van der Waals surface area contributed by atoms with Gasteiger partial charge in [0.1, 0.15) is 17.4 Å². The fraction of sp³-hybridized carbons (Fsp3) is 0. The maximum atomic E-state index is 12.3. The number of nitrogens with zero attached hydrogens (tertiary/aromatic N) is 3. The summed E-state index contributed by atoms with van der Waals surface area (Å²) in [7, 11) is 0. The van der Waals surface area contributed by atoms with Crippen LogP contribution in [0, 0.1) is 11.3 Å². The summed E-state index contributed by atoms with van der Waals surface area (Å²) in [6.45, 7) is 0. The fourth-order valence-corrected chi connectivity index (χ4v) is 3.53. The predicted molar refractivity (Wildman–Crippen MR) is 134 cm³/mol. The number of nitrogens with one attached hydrogen (secondary N) is 2. The van der Waals surface area contributed by atoms with Crippen LogP contribution in [-0.2, 0) is 0 Å². The number of hydrogen-bond acceptors (Lipinski definition) is 7. The first-order valence-electron chi connectivity index (χ1n) is 10.1. The number of anilines is 1. The minimum absolute atomic E-state index is 0.0782. The molecule has 0 saturated carbocycles. The molecule has 0 saturated heterocycles. The summed E-state index contributed by atoms with van der Waals surface area (Å²) in [5.74, 6) is -0.217. The van der Waals surface area contributed by atoms with Crippen LogP contribution in [-0.4, -0.2) is 22.2 Å². The van der Waals surface area contributed by atoms with E-state index in [1.807, 2.05) is 12.1 Å². The van der Waals surface area contributed by atoms with Gasteiger partial charge < -0.3 is 4.74 Å². The number of hydrazone groups is 1. The highest BCUT2D eigenvalue weighted by Crippen LogP contribution is 2.23. The van der Waals surface area contributed by atoms with Crippen molar-refractivity contribution in [1.82, 2.24) is 9.97 Å². The molecule has 4 aromatic rings. The van der Waals surface area contributed by atoms with Crippen molar-refractivity contribution in [3.05, 3.63) is 110 Å². The highest BCUT2D eigenvalue weighted by Gasteiger charge is 2.14. The number of aromatic nitrogens is 2. The fourth-order valence-electron chi connectivity index (χ4n) is 3.04. The van der Waals surface area contributed by atoms with Gasteiger partial charge in [-0.2, -0.15) is 10.4 Å². The largest absolute Gasteiger partial charge is 0.423 e. The maximum absolute atomic E-state index is 12.3. The average molecular weight is 504 g/mol. The van der Waals surface area contributed by atoms with Gasteiger partial charge in [0.25, 0.3) is 5.56 Å². The van der Waals surface area contributed by atoms with E-state index in [4.69, 9.17) is 27.9 Å². The predicted octanol–water partition coefficient (Wildman–Crippen LogP) is 5.28. The van der Waals surface area contributed by atoms with Crippen LogP contribution in [0.4, 0.5) is 5.95 Å². The number of hydrogen-bond donors (Lipinski definition) is 2. The normalized spacial score (nSPS) is 10.7. The lowest BCUT2D eigenvalue weighted by Gasteiger charge is -2.07. The van der Waals surface area contributed by atoms with Crippen LogP contribution in [0.1, 0.15) is 21.5 Å². The molecule has 1 heterocycles. The summed E-state index contributed by atoms with van der Waals surface area (Å²) >= 11 is 11.9. The van der Waals surface area contributed by atoms with Crippen molar-refractivity contribution in [2.45, 2.75) is 0 Å². The van der Waals surface area contributed by atoms with Gasteiger partial charge in [0.15, 0.2) is 0 Å². The van der Waals surface area contributed by atoms with E-state index in [-0.39, 0.29) is 27.8 Å². The Morgan fingerprint density at radius 2 is 1.83 bits per heavy atom. The summed E-state index contributed by atoms with van der Waals surface area (Å²) in [5, 5.41) is 14.0. The number of esters is 1. The van der Waals surface area contributed by atoms with E-state index >= 15 is 0 Å². The Hall–Kier alpha value is -4.45. The molecule has 0 aliphatic carbocycles. The first-order valence-corrected chi connectivity index (χ1v) is 10.9. The van der Waals surface area contributed by atoms with Crippen LogP contribution in [0.5, 0.6) is 5.75 Å². The summed E-state index contributed by atoms with van der Waals surface area (Å²) in [4.78, 5) is 31.4. The molecule has 2 N–H and O–H groups in total. The Morgan fingerprint density at radius 1 is 1.09 bits per heavy atom. The summed E-state index contributed by atoms with van der Waals surface area (Å²) < 4.78 is 5.34. The molecule has 1 aromatic heterocycles. The number of nitriles is 1. The average Bonchev–Trinajstić information content (AvgIpc) is 2.85. The first kappa shape index (κ1) is 23.7. The zero-order valence-electron chi connectivity index (χ0n) is 17.8. The number of halogens is 2. The lowest BCUT2D eigenvalue weighted by Crippen LogP contribution is -2.16. The second-order valence-corrected chi connectivity index (χ2v) is 7.91. The number of benzene rings is 3. The molecule has 0 atom stereocenters. The van der Waals surface area contributed by atoms with Crippen LogP contribution in [0.3, 0.4) is 0 Å². The van der Waals surface area contributed by atoms with Gasteiger partial charge in [0.05, 0.1) is 22.5 Å². The van der Waals surface area contributed by atoms with Gasteiger partial charge in [0, 0.05) is 10.6 Å². The van der Waals surface area contributed by atoms with Crippen LogP contribution < -0.4 is 15.7 Å². The van der Waals surface area contributed by atoms with Crippen molar-refractivity contribution in [1.29, 1.82) is 5.26 Å². The molecule has 3 aromatic carbocycles. The van der Waals surface area contributed by atoms with E-state index in [1.165, 1.54) is 18.3 Å². The van der Waals surface area contributed by atoms with Crippen molar-refractivity contribution < 1.29 is 9.53 Å². The standard InChI is InChI=1S/C25H15Cl2N5O3/c26-17-8-11-19(21(27)12-17)24(34)35-18-9-6-15(7-10-18)14-29-32-25-30-22(16-4-2-1-3-5-16)20(13-28)23(33)31-25/h1-12,14H,(H2,30,31,32,33). The zero-order chi connectivity index (χ0) is 24.8. The molecule has 0 bridgehead atoms. The second-order valence-electron chi connectivity index (χ2n) is 7.07. The number of carbonyl (C=O) groups excluding carboxylic acids is 1. The summed E-state index contributed by atoms with van der Waals surface area (Å²) in [5.41, 5.74) is 3.76. The molecule has 0 spiro atoms. The van der Waals surface area contributed by atoms with Crippen LogP contribution >= 0.6 is 23.2 Å². The molecule has 10 heteroatoms. The Morgan fingerprint density at radius 3 is 2.51 bits per heavy atom. The summed E-state index contributed by atoms with van der Waals surface area (Å²) in [6.07, 6.45) is 1.49. The molecule has 0 aliphatic rings. The minimum Gasteiger partial charge on any atom is -0.423 e. The third-order valence-electron chi connectivity index (χ3n) is 4.70. The van der Waals surface area contributed by atoms with Crippen molar-refractivity contribution >= 4 is 41.3 Å². The van der Waals surface area contributed by atoms with Gasteiger partial charge >= 0.3 is 5.97 Å². The van der Waals surface area contributed by atoms with Gasteiger partial charge in [-0.3, -0.25) is 9.78 Å². The molecular weight excluding hydrogens is 489 g/mol. The minimum atomic E-state index is -0.611. The summed E-state index contributed by atoms with van der Waals surface area (Å²) in [6, 6.07) is 21.9. The van der Waals surface area contributed by atoms with Gasteiger partial charge in [-0.15, -0.1) is 0 Å². The Kier molecular flexibility index (Phi) is 7.21. The van der Waals surface area contributed by atoms with E-state index in [2.05, 4.69) is 20.5 Å². The van der Waals surface area contributed by atoms with E-state index in [9.17, 15) is 14.9 Å². The lowest BCUT2D eigenvalue weighted by molar-refractivity contribution is 0.0735. The van der Waals surface area contributed by atoms with E-state index in [0.29, 0.717) is 21.9 Å². The van der Waals surface area contributed by atoms with E-state index < -0.39 is 11.5 Å². The van der Waals surface area contributed by atoms with Crippen LogP contribution in [0.25, 0.3) is 11.3 Å². The van der Waals surface area contributed by atoms with Crippen molar-refractivity contribution in [3.8, 4) is 23.1 Å². The van der Waals surface area contributed by atoms with Crippen LogP contribution in [0.15, 0.2) is 82.7 Å². The van der Waals surface area contributed by atoms with Gasteiger partial charge in [-0.1, -0.05) is 53.5 Å². The SMILES string of the molecule is N#Cc1c(-c2ccccc2)nc(NN=Cc2ccc(OC(=O)c3ccc(Cl)cc3Cl)cc2)[nH]c1=O. The van der Waals surface area contributed by atoms with Crippen molar-refractivity contribution in [2.24, 2.45) is 5.10 Å². The Labute approximate surface area is 209 Å².